The van der Waals surface area contributed by atoms with Gasteiger partial charge in [-0.15, -0.1) is 0 Å². The lowest BCUT2D eigenvalue weighted by molar-refractivity contribution is 0.0474. The molecule has 1 aromatic heterocycles. The number of hydrogen-bond donors (Lipinski definition) is 0. The number of esters is 1. The Morgan fingerprint density at radius 3 is 2.54 bits per heavy atom. The summed E-state index contributed by atoms with van der Waals surface area (Å²) >= 11 is 0. The van der Waals surface area contributed by atoms with Crippen molar-refractivity contribution in [2.45, 2.75) is 19.4 Å². The van der Waals surface area contributed by atoms with Crippen LogP contribution >= 0.6 is 0 Å². The fourth-order valence-corrected chi connectivity index (χ4v) is 4.33. The Balaban J connectivity index is 1.72. The van der Waals surface area contributed by atoms with E-state index in [0.717, 1.165) is 11.8 Å². The number of ether oxygens (including phenoxy) is 1. The third-order valence-corrected chi connectivity index (χ3v) is 5.43. The van der Waals surface area contributed by atoms with Crippen molar-refractivity contribution in [3.63, 3.8) is 0 Å². The molecule has 0 saturated heterocycles. The van der Waals surface area contributed by atoms with E-state index in [4.69, 9.17) is 4.74 Å². The van der Waals surface area contributed by atoms with Crippen molar-refractivity contribution in [1.29, 1.82) is 0 Å². The van der Waals surface area contributed by atoms with Gasteiger partial charge in [-0.25, -0.2) is 13.2 Å². The fraction of sp³-hybridized carbons (Fsp3) is 0.278. The van der Waals surface area contributed by atoms with Gasteiger partial charge in [0.15, 0.2) is 12.4 Å². The molecule has 1 atom stereocenters. The molecular weight excluding hydrogens is 356 g/mol. The highest BCUT2D eigenvalue weighted by atomic mass is 32.2. The fourth-order valence-electron chi connectivity index (χ4n) is 3.07. The summed E-state index contributed by atoms with van der Waals surface area (Å²) in [5.74, 6) is -0.945. The molecule has 0 saturated carbocycles. The van der Waals surface area contributed by atoms with Crippen LogP contribution in [0.3, 0.4) is 0 Å². The molecule has 26 heavy (non-hydrogen) atoms. The summed E-state index contributed by atoms with van der Waals surface area (Å²) in [6.45, 7) is 1.43. The number of fused-ring (bicyclic) bond motifs is 1. The van der Waals surface area contributed by atoms with Gasteiger partial charge in [0.05, 0.1) is 17.5 Å². The number of Topliss-reactive ketones (excluding diaryl/α,β-unsaturated/α-hetero) is 1. The molecule has 0 radical (unpaired) electrons. The van der Waals surface area contributed by atoms with E-state index in [-0.39, 0.29) is 18.4 Å². The van der Waals surface area contributed by atoms with Crippen molar-refractivity contribution in [2.24, 2.45) is 0 Å². The molecular formula is C18H18N2O5S. The van der Waals surface area contributed by atoms with Crippen LogP contribution in [0.1, 0.15) is 33.2 Å². The summed E-state index contributed by atoms with van der Waals surface area (Å²) < 4.78 is 30.3. The molecule has 1 aliphatic heterocycles. The largest absolute Gasteiger partial charge is 0.454 e. The van der Waals surface area contributed by atoms with Gasteiger partial charge >= 0.3 is 5.97 Å². The highest BCUT2D eigenvalue weighted by molar-refractivity contribution is 7.92. The minimum absolute atomic E-state index is 0.199. The predicted molar refractivity (Wildman–Crippen MR) is 95.8 cm³/mol. The van der Waals surface area contributed by atoms with Crippen LogP contribution in [0.15, 0.2) is 42.7 Å². The second kappa shape index (κ2) is 6.87. The minimum atomic E-state index is -3.38. The van der Waals surface area contributed by atoms with Gasteiger partial charge in [-0.1, -0.05) is 0 Å². The van der Waals surface area contributed by atoms with Gasteiger partial charge in [0, 0.05) is 24.0 Å². The lowest BCUT2D eigenvalue weighted by atomic mass is 10.0. The Morgan fingerprint density at radius 1 is 1.19 bits per heavy atom. The van der Waals surface area contributed by atoms with E-state index >= 15 is 0 Å². The molecule has 0 spiro atoms. The first-order valence-electron chi connectivity index (χ1n) is 8.00. The van der Waals surface area contributed by atoms with Gasteiger partial charge in [0.2, 0.25) is 10.0 Å². The molecule has 0 aliphatic carbocycles. The van der Waals surface area contributed by atoms with Gasteiger partial charge in [0.1, 0.15) is 0 Å². The number of pyridine rings is 1. The van der Waals surface area contributed by atoms with E-state index in [0.29, 0.717) is 23.2 Å². The van der Waals surface area contributed by atoms with E-state index in [1.54, 1.807) is 18.2 Å². The first kappa shape index (κ1) is 18.1. The number of carbonyl (C=O) groups is 2. The van der Waals surface area contributed by atoms with Crippen molar-refractivity contribution < 1.29 is 22.7 Å². The van der Waals surface area contributed by atoms with E-state index in [1.165, 1.54) is 28.8 Å². The molecule has 1 aliphatic rings. The first-order valence-corrected chi connectivity index (χ1v) is 9.85. The van der Waals surface area contributed by atoms with Crippen LogP contribution in [0, 0.1) is 0 Å². The van der Waals surface area contributed by atoms with Crippen molar-refractivity contribution in [3.8, 4) is 0 Å². The molecule has 0 amide bonds. The monoisotopic (exact) mass is 374 g/mol. The van der Waals surface area contributed by atoms with Gasteiger partial charge in [-0.3, -0.25) is 14.1 Å². The molecule has 0 unspecified atom stereocenters. The molecule has 8 heteroatoms. The Kier molecular flexibility index (Phi) is 4.78. The zero-order valence-corrected chi connectivity index (χ0v) is 15.2. The molecule has 2 heterocycles. The molecule has 7 nitrogen and oxygen atoms in total. The number of aromatic nitrogens is 1. The maximum absolute atomic E-state index is 12.3. The maximum atomic E-state index is 12.3. The standard InChI is InChI=1S/C18H18N2O5S/c1-12-9-15-10-14(3-4-16(15)20(12)26(2,23)24)17(21)11-25-18(22)13-5-7-19-8-6-13/h3-8,10,12H,9,11H2,1-2H3/t12-/m1/s1. The number of benzene rings is 1. The highest BCUT2D eigenvalue weighted by Gasteiger charge is 2.32. The predicted octanol–water partition coefficient (Wildman–Crippen LogP) is 1.83. The van der Waals surface area contributed by atoms with E-state index in [9.17, 15) is 18.0 Å². The van der Waals surface area contributed by atoms with Crippen molar-refractivity contribution >= 4 is 27.5 Å². The number of sulfonamides is 1. The summed E-state index contributed by atoms with van der Waals surface area (Å²) in [6.07, 6.45) is 4.62. The molecule has 3 rings (SSSR count). The normalized spacial score (nSPS) is 16.2. The molecule has 1 aromatic carbocycles. The Bertz CT molecular complexity index is 957. The summed E-state index contributed by atoms with van der Waals surface area (Å²) in [5.41, 5.74) is 2.08. The van der Waals surface area contributed by atoms with Crippen molar-refractivity contribution in [2.75, 3.05) is 17.2 Å². The summed E-state index contributed by atoms with van der Waals surface area (Å²) in [4.78, 5) is 28.0. The van der Waals surface area contributed by atoms with Gasteiger partial charge in [-0.2, -0.15) is 0 Å². The number of carbonyl (C=O) groups excluding carboxylic acids is 2. The second-order valence-corrected chi connectivity index (χ2v) is 8.05. The average molecular weight is 374 g/mol. The number of anilines is 1. The molecule has 0 fully saturated rings. The lowest BCUT2D eigenvalue weighted by Gasteiger charge is -2.21. The Morgan fingerprint density at radius 2 is 1.88 bits per heavy atom. The summed E-state index contributed by atoms with van der Waals surface area (Å²) in [5, 5.41) is 0. The number of nitrogens with zero attached hydrogens (tertiary/aromatic N) is 2. The number of ketones is 1. The first-order chi connectivity index (χ1) is 12.3. The quantitative estimate of drug-likeness (QED) is 0.585. The van der Waals surface area contributed by atoms with Crippen LogP contribution in [0.25, 0.3) is 0 Å². The van der Waals surface area contributed by atoms with E-state index in [2.05, 4.69) is 4.98 Å². The number of rotatable bonds is 5. The van der Waals surface area contributed by atoms with Gasteiger partial charge in [0.25, 0.3) is 0 Å². The van der Waals surface area contributed by atoms with Gasteiger partial charge in [-0.05, 0) is 49.2 Å². The molecule has 2 aromatic rings. The van der Waals surface area contributed by atoms with Crippen LogP contribution in [0.4, 0.5) is 5.69 Å². The Hall–Kier alpha value is -2.74. The van der Waals surface area contributed by atoms with E-state index < -0.39 is 16.0 Å². The average Bonchev–Trinajstić information content (AvgIpc) is 2.95. The maximum Gasteiger partial charge on any atom is 0.338 e. The SMILES string of the molecule is C[C@@H]1Cc2cc(C(=O)COC(=O)c3ccncc3)ccc2N1S(C)(=O)=O. The zero-order chi connectivity index (χ0) is 18.9. The lowest BCUT2D eigenvalue weighted by Crippen LogP contribution is -2.34. The zero-order valence-electron chi connectivity index (χ0n) is 14.4. The third-order valence-electron chi connectivity index (χ3n) is 4.16. The highest BCUT2D eigenvalue weighted by Crippen LogP contribution is 2.34. The second-order valence-electron chi connectivity index (χ2n) is 6.19. The molecule has 136 valence electrons. The van der Waals surface area contributed by atoms with E-state index in [1.807, 2.05) is 6.92 Å². The van der Waals surface area contributed by atoms with Crippen LogP contribution in [0.5, 0.6) is 0 Å². The smallest absolute Gasteiger partial charge is 0.338 e. The topological polar surface area (TPSA) is 93.6 Å². The van der Waals surface area contributed by atoms with Crippen molar-refractivity contribution in [3.05, 3.63) is 59.4 Å². The van der Waals surface area contributed by atoms with Crippen LogP contribution in [-0.4, -0.2) is 44.1 Å². The summed E-state index contributed by atoms with van der Waals surface area (Å²) in [7, 11) is -3.38. The summed E-state index contributed by atoms with van der Waals surface area (Å²) in [6, 6.07) is 7.65. The molecule has 0 bridgehead atoms. The third kappa shape index (κ3) is 3.60. The van der Waals surface area contributed by atoms with Crippen LogP contribution in [-0.2, 0) is 21.2 Å². The van der Waals surface area contributed by atoms with Crippen LogP contribution in [0.2, 0.25) is 0 Å². The van der Waals surface area contributed by atoms with Crippen LogP contribution < -0.4 is 4.31 Å². The van der Waals surface area contributed by atoms with Gasteiger partial charge < -0.3 is 4.74 Å². The number of hydrogen-bond acceptors (Lipinski definition) is 6. The Labute approximate surface area is 151 Å². The molecule has 0 N–H and O–H groups in total. The van der Waals surface area contributed by atoms with Crippen molar-refractivity contribution in [1.82, 2.24) is 4.98 Å². The minimum Gasteiger partial charge on any atom is -0.454 e.